The molecule has 0 aromatic carbocycles. The van der Waals surface area contributed by atoms with Crippen LogP contribution in [0.1, 0.15) is 290 Å². The number of rotatable bonds is 55. The average molecular weight is 1150 g/mol. The van der Waals surface area contributed by atoms with E-state index in [1.54, 1.807) is 0 Å². The number of allylic oxidation sites excluding steroid dienone is 6. The van der Waals surface area contributed by atoms with E-state index in [9.17, 15) is 45.6 Å². The highest BCUT2D eigenvalue weighted by molar-refractivity contribution is 5.76. The van der Waals surface area contributed by atoms with E-state index in [1.165, 1.54) is 180 Å². The molecule has 14 heteroatoms. The van der Waals surface area contributed by atoms with Crippen molar-refractivity contribution in [3.8, 4) is 0 Å². The minimum Gasteiger partial charge on any atom is -0.394 e. The van der Waals surface area contributed by atoms with Crippen LogP contribution in [-0.2, 0) is 23.7 Å². The summed E-state index contributed by atoms with van der Waals surface area (Å²) in [4.78, 5) is 13.3. The molecule has 0 radical (unpaired) electrons. The van der Waals surface area contributed by atoms with Gasteiger partial charge in [-0.15, -0.1) is 0 Å². The molecular formula is C67H125NO13. The van der Waals surface area contributed by atoms with Crippen LogP contribution in [0.2, 0.25) is 0 Å². The fourth-order valence-corrected chi connectivity index (χ4v) is 11.3. The van der Waals surface area contributed by atoms with Gasteiger partial charge < -0.3 is 65.1 Å². The van der Waals surface area contributed by atoms with Gasteiger partial charge in [-0.05, 0) is 44.9 Å². The summed E-state index contributed by atoms with van der Waals surface area (Å²) in [6.07, 6.45) is 48.8. The minimum absolute atomic E-state index is 0.214. The lowest BCUT2D eigenvalue weighted by Crippen LogP contribution is -2.65. The fourth-order valence-electron chi connectivity index (χ4n) is 11.3. The summed E-state index contributed by atoms with van der Waals surface area (Å²) in [5.41, 5.74) is 0. The summed E-state index contributed by atoms with van der Waals surface area (Å²) in [6, 6.07) is -0.835. The molecule has 12 atom stereocenters. The summed E-state index contributed by atoms with van der Waals surface area (Å²) in [5, 5.41) is 87.5. The van der Waals surface area contributed by atoms with Gasteiger partial charge in [-0.1, -0.05) is 275 Å². The molecule has 2 rings (SSSR count). The molecule has 0 bridgehead atoms. The van der Waals surface area contributed by atoms with Gasteiger partial charge in [0.1, 0.15) is 48.8 Å². The molecule has 14 nitrogen and oxygen atoms in total. The maximum absolute atomic E-state index is 13.3. The quantitative estimate of drug-likeness (QED) is 0.0204. The Morgan fingerprint density at radius 2 is 0.852 bits per heavy atom. The van der Waals surface area contributed by atoms with Gasteiger partial charge in [0.15, 0.2) is 12.6 Å². The van der Waals surface area contributed by atoms with Gasteiger partial charge in [0.25, 0.3) is 0 Å². The number of aliphatic hydroxyl groups excluding tert-OH is 8. The summed E-state index contributed by atoms with van der Waals surface area (Å²) in [6.45, 7) is 2.78. The van der Waals surface area contributed by atoms with Crippen molar-refractivity contribution in [1.82, 2.24) is 5.32 Å². The van der Waals surface area contributed by atoms with Crippen LogP contribution in [0.25, 0.3) is 0 Å². The molecule has 2 fully saturated rings. The number of unbranched alkanes of at least 4 members (excludes halogenated alkanes) is 36. The average Bonchev–Trinajstić information content (AvgIpc) is 3.47. The van der Waals surface area contributed by atoms with Crippen LogP contribution in [0, 0.1) is 0 Å². The predicted octanol–water partition coefficient (Wildman–Crippen LogP) is 13.0. The van der Waals surface area contributed by atoms with Crippen LogP contribution in [-0.4, -0.2) is 140 Å². The van der Waals surface area contributed by atoms with Gasteiger partial charge in [0.05, 0.1) is 32.0 Å². The maximum atomic E-state index is 13.3. The molecular weight excluding hydrogens is 1030 g/mol. The first-order chi connectivity index (χ1) is 39.6. The first-order valence-electron chi connectivity index (χ1n) is 33.7. The zero-order chi connectivity index (χ0) is 58.8. The Morgan fingerprint density at radius 3 is 1.31 bits per heavy atom. The molecule has 12 unspecified atom stereocenters. The molecule has 2 aliphatic heterocycles. The van der Waals surface area contributed by atoms with Crippen molar-refractivity contribution in [1.29, 1.82) is 0 Å². The highest BCUT2D eigenvalue weighted by Gasteiger charge is 2.51. The Bertz CT molecular complexity index is 1500. The molecule has 81 heavy (non-hydrogen) atoms. The summed E-state index contributed by atoms with van der Waals surface area (Å²) in [5.74, 6) is -0.214. The third-order valence-electron chi connectivity index (χ3n) is 16.6. The molecule has 1 amide bonds. The lowest BCUT2D eigenvalue weighted by Gasteiger charge is -2.46. The van der Waals surface area contributed by atoms with Crippen molar-refractivity contribution < 1.29 is 64.6 Å². The molecule has 2 aliphatic rings. The van der Waals surface area contributed by atoms with E-state index in [4.69, 9.17) is 18.9 Å². The van der Waals surface area contributed by atoms with Crippen molar-refractivity contribution >= 4 is 5.91 Å². The van der Waals surface area contributed by atoms with Gasteiger partial charge in [-0.25, -0.2) is 0 Å². The Labute approximate surface area is 493 Å². The summed E-state index contributed by atoms with van der Waals surface area (Å²) < 4.78 is 22.9. The zero-order valence-corrected chi connectivity index (χ0v) is 51.5. The summed E-state index contributed by atoms with van der Waals surface area (Å²) >= 11 is 0. The largest absolute Gasteiger partial charge is 0.394 e. The van der Waals surface area contributed by atoms with Crippen LogP contribution in [0.4, 0.5) is 0 Å². The molecule has 0 aromatic rings. The lowest BCUT2D eigenvalue weighted by molar-refractivity contribution is -0.359. The summed E-state index contributed by atoms with van der Waals surface area (Å²) in [7, 11) is 0. The molecule has 0 aromatic heterocycles. The number of aliphatic hydroxyl groups is 8. The van der Waals surface area contributed by atoms with Gasteiger partial charge in [0, 0.05) is 6.42 Å². The Hall–Kier alpha value is -1.79. The Kier molecular flexibility index (Phi) is 48.8. The van der Waals surface area contributed by atoms with Crippen LogP contribution in [0.15, 0.2) is 36.5 Å². The highest BCUT2D eigenvalue weighted by Crippen LogP contribution is 2.30. The SMILES string of the molecule is CC/C=C\C/C=C\C/C=C\CCCCCCCCCC(=O)NC(COC1OC(CO)C(OC2OC(CO)C(O)C(O)C2O)C(O)C1O)C(O)CCCCCCCCCCCCCCCCCCCCCCCCCCCCCCCC. The van der Waals surface area contributed by atoms with Gasteiger partial charge in [-0.2, -0.15) is 0 Å². The monoisotopic (exact) mass is 1150 g/mol. The molecule has 476 valence electrons. The van der Waals surface area contributed by atoms with Crippen molar-refractivity contribution in [2.24, 2.45) is 0 Å². The number of ether oxygens (including phenoxy) is 4. The van der Waals surface area contributed by atoms with Crippen LogP contribution < -0.4 is 5.32 Å². The highest BCUT2D eigenvalue weighted by atomic mass is 16.7. The zero-order valence-electron chi connectivity index (χ0n) is 51.5. The normalized spacial score (nSPS) is 24.3. The Morgan fingerprint density at radius 1 is 0.457 bits per heavy atom. The number of hydrogen-bond acceptors (Lipinski definition) is 13. The molecule has 2 heterocycles. The number of nitrogens with one attached hydrogen (secondary N) is 1. The molecule has 0 saturated carbocycles. The van der Waals surface area contributed by atoms with Crippen molar-refractivity contribution in [2.45, 2.75) is 364 Å². The number of carbonyl (C=O) groups is 1. The van der Waals surface area contributed by atoms with E-state index >= 15 is 0 Å². The second-order valence-electron chi connectivity index (χ2n) is 23.9. The first-order valence-corrected chi connectivity index (χ1v) is 33.7. The van der Waals surface area contributed by atoms with E-state index in [0.29, 0.717) is 19.3 Å². The van der Waals surface area contributed by atoms with E-state index < -0.39 is 86.8 Å². The number of carbonyl (C=O) groups excluding carboxylic acids is 1. The van der Waals surface area contributed by atoms with Crippen LogP contribution in [0.5, 0.6) is 0 Å². The second kappa shape index (κ2) is 52.5. The minimum atomic E-state index is -1.78. The van der Waals surface area contributed by atoms with Crippen molar-refractivity contribution in [3.05, 3.63) is 36.5 Å². The molecule has 0 spiro atoms. The van der Waals surface area contributed by atoms with E-state index in [2.05, 4.69) is 55.6 Å². The predicted molar refractivity (Wildman–Crippen MR) is 328 cm³/mol. The smallest absolute Gasteiger partial charge is 0.220 e. The fraction of sp³-hybridized carbons (Fsp3) is 0.896. The number of amides is 1. The van der Waals surface area contributed by atoms with E-state index in [1.807, 2.05) is 0 Å². The van der Waals surface area contributed by atoms with Crippen molar-refractivity contribution in [2.75, 3.05) is 19.8 Å². The van der Waals surface area contributed by atoms with Crippen LogP contribution in [0.3, 0.4) is 0 Å². The number of hydrogen-bond donors (Lipinski definition) is 9. The maximum Gasteiger partial charge on any atom is 0.220 e. The Balaban J connectivity index is 1.66. The van der Waals surface area contributed by atoms with E-state index in [0.717, 1.165) is 77.0 Å². The van der Waals surface area contributed by atoms with Gasteiger partial charge >= 0.3 is 0 Å². The third-order valence-corrected chi connectivity index (χ3v) is 16.6. The topological polar surface area (TPSA) is 228 Å². The van der Waals surface area contributed by atoms with E-state index in [-0.39, 0.29) is 12.5 Å². The molecule has 0 aliphatic carbocycles. The molecule has 2 saturated heterocycles. The van der Waals surface area contributed by atoms with Crippen molar-refractivity contribution in [3.63, 3.8) is 0 Å². The van der Waals surface area contributed by atoms with Crippen LogP contribution >= 0.6 is 0 Å². The second-order valence-corrected chi connectivity index (χ2v) is 23.9. The first kappa shape index (κ1) is 75.3. The standard InChI is InChI=1S/C67H125NO13/c1-3-5-7-9-11-13-15-17-19-21-22-23-24-25-26-27-28-29-30-31-32-33-35-36-38-40-42-44-46-48-50-56(71)55(68-59(72)51-49-47-45-43-41-39-37-34-20-18-16-14-12-10-8-6-4-2)54-78-66-64(77)62(75)65(58(53-70)80-66)81-67-63(76)61(74)60(73)57(52-69)79-67/h6,8,12,14,18,20,55-58,60-67,69-71,73-77H,3-5,7,9-11,13,15-17,19,21-54H2,1-2H3,(H,68,72)/b8-6-,14-12-,20-18-. The molecule has 9 N–H and O–H groups in total. The lowest BCUT2D eigenvalue weighted by atomic mass is 9.97. The van der Waals surface area contributed by atoms with Gasteiger partial charge in [0.2, 0.25) is 5.91 Å². The van der Waals surface area contributed by atoms with Gasteiger partial charge in [-0.3, -0.25) is 4.79 Å². The third kappa shape index (κ3) is 37.4.